The molecule has 2 aromatic heterocycles. The molecule has 4 rings (SSSR count). The number of hydrogen-bond acceptors (Lipinski definition) is 5. The summed E-state index contributed by atoms with van der Waals surface area (Å²) < 4.78 is 20.4. The van der Waals surface area contributed by atoms with Gasteiger partial charge in [0.25, 0.3) is 0 Å². The predicted octanol–water partition coefficient (Wildman–Crippen LogP) is 4.79. The minimum absolute atomic E-state index is 0.152. The first-order chi connectivity index (χ1) is 14.2. The molecule has 29 heavy (non-hydrogen) atoms. The summed E-state index contributed by atoms with van der Waals surface area (Å²) in [6.07, 6.45) is 1.87. The van der Waals surface area contributed by atoms with Gasteiger partial charge in [-0.1, -0.05) is 30.0 Å². The number of amides is 1. The molecule has 4 aromatic rings. The average Bonchev–Trinajstić information content (AvgIpc) is 3.40. The number of rotatable bonds is 7. The van der Waals surface area contributed by atoms with Gasteiger partial charge < -0.3 is 9.73 Å². The topological polar surface area (TPSA) is 73.0 Å². The average molecular weight is 408 g/mol. The summed E-state index contributed by atoms with van der Waals surface area (Å²) in [7, 11) is 0. The Kier molecular flexibility index (Phi) is 5.71. The largest absolute Gasteiger partial charge is 0.461 e. The molecule has 0 saturated heterocycles. The maximum atomic E-state index is 13.0. The molecule has 0 aliphatic carbocycles. The Hall–Kier alpha value is -3.39. The zero-order valence-electron chi connectivity index (χ0n) is 15.3. The number of anilines is 1. The Labute approximate surface area is 170 Å². The van der Waals surface area contributed by atoms with Gasteiger partial charge in [-0.25, -0.2) is 4.39 Å². The van der Waals surface area contributed by atoms with E-state index in [4.69, 9.17) is 4.42 Å². The van der Waals surface area contributed by atoms with Crippen molar-refractivity contribution in [3.8, 4) is 17.3 Å². The third-order valence-corrected chi connectivity index (χ3v) is 5.01. The van der Waals surface area contributed by atoms with Crippen LogP contribution in [0.2, 0.25) is 0 Å². The summed E-state index contributed by atoms with van der Waals surface area (Å²) >= 11 is 1.43. The molecule has 0 saturated carbocycles. The van der Waals surface area contributed by atoms with Gasteiger partial charge in [-0.3, -0.25) is 9.36 Å². The summed E-state index contributed by atoms with van der Waals surface area (Å²) in [5.41, 5.74) is 1.47. The fourth-order valence-corrected chi connectivity index (χ4v) is 3.62. The van der Waals surface area contributed by atoms with Gasteiger partial charge in [0.1, 0.15) is 5.82 Å². The number of hydrogen-bond donors (Lipinski definition) is 1. The molecule has 2 heterocycles. The smallest absolute Gasteiger partial charge is 0.225 e. The number of furan rings is 1. The van der Waals surface area contributed by atoms with Crippen molar-refractivity contribution in [3.05, 3.63) is 78.8 Å². The molecular weight excluding hydrogens is 391 g/mol. The van der Waals surface area contributed by atoms with E-state index in [1.54, 1.807) is 12.3 Å². The normalized spacial score (nSPS) is 10.8. The van der Waals surface area contributed by atoms with E-state index in [0.717, 1.165) is 5.69 Å². The molecule has 0 spiro atoms. The highest BCUT2D eigenvalue weighted by molar-refractivity contribution is 7.99. The summed E-state index contributed by atoms with van der Waals surface area (Å²) in [5, 5.41) is 12.0. The highest BCUT2D eigenvalue weighted by Gasteiger charge is 2.18. The number of nitrogens with zero attached hydrogens (tertiary/aromatic N) is 3. The second-order valence-corrected chi connectivity index (χ2v) is 7.17. The van der Waals surface area contributed by atoms with Crippen LogP contribution >= 0.6 is 11.8 Å². The van der Waals surface area contributed by atoms with E-state index in [1.165, 1.54) is 36.0 Å². The van der Waals surface area contributed by atoms with Crippen LogP contribution < -0.4 is 5.32 Å². The molecule has 6 nitrogen and oxygen atoms in total. The first kappa shape index (κ1) is 18.9. The molecule has 1 amide bonds. The van der Waals surface area contributed by atoms with Crippen LogP contribution in [-0.4, -0.2) is 26.4 Å². The van der Waals surface area contributed by atoms with E-state index in [1.807, 2.05) is 41.0 Å². The maximum absolute atomic E-state index is 13.0. The monoisotopic (exact) mass is 408 g/mol. The number of nitrogens with one attached hydrogen (secondary N) is 1. The van der Waals surface area contributed by atoms with Crippen LogP contribution in [0.5, 0.6) is 0 Å². The van der Waals surface area contributed by atoms with Crippen molar-refractivity contribution in [2.24, 2.45) is 0 Å². The van der Waals surface area contributed by atoms with Gasteiger partial charge in [0.2, 0.25) is 11.7 Å². The van der Waals surface area contributed by atoms with Crippen molar-refractivity contribution < 1.29 is 13.6 Å². The number of para-hydroxylation sites is 1. The molecule has 0 fully saturated rings. The molecule has 0 aliphatic heterocycles. The molecule has 1 N–H and O–H groups in total. The number of thioether (sulfide) groups is 1. The lowest BCUT2D eigenvalue weighted by Gasteiger charge is -2.09. The molecule has 0 aliphatic rings. The van der Waals surface area contributed by atoms with E-state index in [-0.39, 0.29) is 18.1 Å². The van der Waals surface area contributed by atoms with Crippen molar-refractivity contribution in [3.63, 3.8) is 0 Å². The van der Waals surface area contributed by atoms with Crippen molar-refractivity contribution in [2.75, 3.05) is 11.1 Å². The van der Waals surface area contributed by atoms with E-state index in [2.05, 4.69) is 15.5 Å². The van der Waals surface area contributed by atoms with Crippen LogP contribution in [0.4, 0.5) is 10.1 Å². The first-order valence-corrected chi connectivity index (χ1v) is 9.92. The van der Waals surface area contributed by atoms with Crippen LogP contribution in [0.3, 0.4) is 0 Å². The SMILES string of the molecule is O=C(CCSc1nnc(-c2ccco2)n1-c1ccccc1)Nc1ccc(F)cc1. The molecule has 0 bridgehead atoms. The minimum Gasteiger partial charge on any atom is -0.461 e. The van der Waals surface area contributed by atoms with Crippen molar-refractivity contribution in [1.29, 1.82) is 0 Å². The quantitative estimate of drug-likeness (QED) is 0.445. The summed E-state index contributed by atoms with van der Waals surface area (Å²) in [4.78, 5) is 12.2. The van der Waals surface area contributed by atoms with Gasteiger partial charge in [0, 0.05) is 23.5 Å². The number of carbonyl (C=O) groups excluding carboxylic acids is 1. The van der Waals surface area contributed by atoms with Gasteiger partial charge in [-0.05, 0) is 48.5 Å². The molecule has 2 aromatic carbocycles. The fraction of sp³-hybridized carbons (Fsp3) is 0.0952. The van der Waals surface area contributed by atoms with Crippen molar-refractivity contribution >= 4 is 23.4 Å². The van der Waals surface area contributed by atoms with Crippen LogP contribution in [0.15, 0.2) is 82.6 Å². The Balaban J connectivity index is 1.46. The lowest BCUT2D eigenvalue weighted by molar-refractivity contribution is -0.115. The Morgan fingerprint density at radius 3 is 2.55 bits per heavy atom. The third-order valence-electron chi connectivity index (χ3n) is 4.08. The predicted molar refractivity (Wildman–Crippen MR) is 109 cm³/mol. The van der Waals surface area contributed by atoms with E-state index in [9.17, 15) is 9.18 Å². The maximum Gasteiger partial charge on any atom is 0.225 e. The summed E-state index contributed by atoms with van der Waals surface area (Å²) in [6.45, 7) is 0. The zero-order chi connectivity index (χ0) is 20.1. The van der Waals surface area contributed by atoms with Crippen molar-refractivity contribution in [1.82, 2.24) is 14.8 Å². The number of benzene rings is 2. The van der Waals surface area contributed by atoms with E-state index >= 15 is 0 Å². The van der Waals surface area contributed by atoms with Gasteiger partial charge >= 0.3 is 0 Å². The Bertz CT molecular complexity index is 1080. The van der Waals surface area contributed by atoms with Crippen LogP contribution in [0, 0.1) is 5.82 Å². The third kappa shape index (κ3) is 4.55. The highest BCUT2D eigenvalue weighted by atomic mass is 32.2. The standard InChI is InChI=1S/C21H17FN4O2S/c22-15-8-10-16(11-9-15)23-19(27)12-14-29-21-25-24-20(18-7-4-13-28-18)26(21)17-5-2-1-3-6-17/h1-11,13H,12,14H2,(H,23,27). The number of halogens is 1. The first-order valence-electron chi connectivity index (χ1n) is 8.93. The highest BCUT2D eigenvalue weighted by Crippen LogP contribution is 2.28. The van der Waals surface area contributed by atoms with Crippen LogP contribution in [0.1, 0.15) is 6.42 Å². The molecule has 0 unspecified atom stereocenters. The van der Waals surface area contributed by atoms with Crippen LogP contribution in [0.25, 0.3) is 17.3 Å². The molecular formula is C21H17FN4O2S. The molecule has 146 valence electrons. The molecule has 0 atom stereocenters. The summed E-state index contributed by atoms with van der Waals surface area (Å²) in [6, 6.07) is 19.0. The van der Waals surface area contributed by atoms with Gasteiger partial charge in [0.05, 0.1) is 6.26 Å². The lowest BCUT2D eigenvalue weighted by atomic mass is 10.3. The van der Waals surface area contributed by atoms with Crippen LogP contribution in [-0.2, 0) is 4.79 Å². The van der Waals surface area contributed by atoms with Crippen molar-refractivity contribution in [2.45, 2.75) is 11.6 Å². The second kappa shape index (κ2) is 8.74. The minimum atomic E-state index is -0.342. The fourth-order valence-electron chi connectivity index (χ4n) is 2.73. The number of aromatic nitrogens is 3. The van der Waals surface area contributed by atoms with E-state index in [0.29, 0.717) is 28.2 Å². The molecule has 0 radical (unpaired) electrons. The number of carbonyl (C=O) groups is 1. The lowest BCUT2D eigenvalue weighted by Crippen LogP contribution is -2.12. The zero-order valence-corrected chi connectivity index (χ0v) is 16.1. The van der Waals surface area contributed by atoms with Gasteiger partial charge in [-0.2, -0.15) is 0 Å². The summed E-state index contributed by atoms with van der Waals surface area (Å²) in [5.74, 6) is 1.23. The second-order valence-electron chi connectivity index (χ2n) is 6.11. The Morgan fingerprint density at radius 1 is 1.03 bits per heavy atom. The Morgan fingerprint density at radius 2 is 1.83 bits per heavy atom. The van der Waals surface area contributed by atoms with Gasteiger partial charge in [-0.15, -0.1) is 10.2 Å². The van der Waals surface area contributed by atoms with Gasteiger partial charge in [0.15, 0.2) is 10.9 Å². The van der Waals surface area contributed by atoms with E-state index < -0.39 is 0 Å². The molecule has 8 heteroatoms.